The molecule has 2 rings (SSSR count). The number of carbonyl (C=O) groups excluding carboxylic acids is 2. The molecule has 0 aliphatic rings. The third-order valence-electron chi connectivity index (χ3n) is 5.18. The maximum absolute atomic E-state index is 13.8. The normalized spacial score (nSPS) is 12.7. The molecule has 7 nitrogen and oxygen atoms in total. The van der Waals surface area contributed by atoms with Gasteiger partial charge < -0.3 is 10.2 Å². The molecule has 0 heterocycles. The van der Waals surface area contributed by atoms with Gasteiger partial charge in [0.25, 0.3) is 0 Å². The van der Waals surface area contributed by atoms with Gasteiger partial charge in [-0.3, -0.25) is 13.9 Å². The maximum Gasteiger partial charge on any atom is 0.244 e. The van der Waals surface area contributed by atoms with Crippen molar-refractivity contribution in [2.75, 3.05) is 17.1 Å². The van der Waals surface area contributed by atoms with Gasteiger partial charge in [0.05, 0.1) is 27.0 Å². The average molecular weight is 632 g/mol. The number of benzene rings is 2. The van der Waals surface area contributed by atoms with Crippen molar-refractivity contribution in [1.29, 1.82) is 0 Å². The van der Waals surface area contributed by atoms with Crippen LogP contribution in [0.25, 0.3) is 0 Å². The molecule has 2 aromatic rings. The number of nitrogens with zero attached hydrogens (tertiary/aromatic N) is 2. The first kappa shape index (κ1) is 31.8. The van der Waals surface area contributed by atoms with E-state index in [1.165, 1.54) is 23.1 Å². The summed E-state index contributed by atoms with van der Waals surface area (Å²) < 4.78 is 26.3. The highest BCUT2D eigenvalue weighted by atomic mass is 35.5. The number of hydrogen-bond donors (Lipinski definition) is 1. The lowest BCUT2D eigenvalue weighted by Crippen LogP contribution is -2.55. The smallest absolute Gasteiger partial charge is 0.244 e. The van der Waals surface area contributed by atoms with Crippen molar-refractivity contribution < 1.29 is 18.0 Å². The molecular weight excluding hydrogens is 604 g/mol. The second-order valence-corrected chi connectivity index (χ2v) is 13.4. The number of carbonyl (C=O) groups is 2. The second kappa shape index (κ2) is 12.6. The van der Waals surface area contributed by atoms with E-state index in [2.05, 4.69) is 5.32 Å². The highest BCUT2D eigenvalue weighted by molar-refractivity contribution is 7.92. The molecule has 13 heteroatoms. The van der Waals surface area contributed by atoms with E-state index in [1.54, 1.807) is 19.1 Å². The summed E-state index contributed by atoms with van der Waals surface area (Å²) in [5, 5.41) is 3.75. The van der Waals surface area contributed by atoms with Crippen LogP contribution in [0.1, 0.15) is 39.7 Å². The summed E-state index contributed by atoms with van der Waals surface area (Å²) in [6.07, 6.45) is 1.19. The molecule has 0 bridgehead atoms. The van der Waals surface area contributed by atoms with Crippen molar-refractivity contribution >= 4 is 85.5 Å². The fourth-order valence-corrected chi connectivity index (χ4v) is 5.52. The van der Waals surface area contributed by atoms with E-state index in [-0.39, 0.29) is 33.7 Å². The maximum atomic E-state index is 13.8. The van der Waals surface area contributed by atoms with E-state index in [0.717, 1.165) is 10.6 Å². The highest BCUT2D eigenvalue weighted by Gasteiger charge is 2.34. The predicted octanol–water partition coefficient (Wildman–Crippen LogP) is 6.44. The summed E-state index contributed by atoms with van der Waals surface area (Å²) in [7, 11) is -4.01. The molecule has 2 amide bonds. The van der Waals surface area contributed by atoms with Crippen LogP contribution in [0, 0.1) is 0 Å². The van der Waals surface area contributed by atoms with Crippen LogP contribution in [0.5, 0.6) is 0 Å². The van der Waals surface area contributed by atoms with Crippen molar-refractivity contribution in [1.82, 2.24) is 10.2 Å². The van der Waals surface area contributed by atoms with E-state index in [4.69, 9.17) is 58.0 Å². The minimum atomic E-state index is -4.01. The quantitative estimate of drug-likeness (QED) is 0.323. The SMILES string of the molecule is CC[C@H](C(=O)NC(C)(C)C)N(Cc1ccc(Cl)cc1Cl)C(=O)CN(c1cc(Cl)c(Cl)cc1Cl)S(C)(=O)=O. The topological polar surface area (TPSA) is 86.8 Å². The van der Waals surface area contributed by atoms with Gasteiger partial charge in [-0.25, -0.2) is 8.42 Å². The van der Waals surface area contributed by atoms with Crippen LogP contribution < -0.4 is 9.62 Å². The average Bonchev–Trinajstić information content (AvgIpc) is 2.74. The molecule has 0 unspecified atom stereocenters. The van der Waals surface area contributed by atoms with E-state index in [1.807, 2.05) is 20.8 Å². The monoisotopic (exact) mass is 629 g/mol. The number of amides is 2. The van der Waals surface area contributed by atoms with Gasteiger partial charge >= 0.3 is 0 Å². The zero-order chi connectivity index (χ0) is 28.3. The van der Waals surface area contributed by atoms with Crippen LogP contribution in [0.15, 0.2) is 30.3 Å². The standard InChI is InChI=1S/C24H28Cl5N3O4S/c1-6-20(23(34)30-24(2,3)4)31(12-14-7-8-15(25)9-16(14)26)22(33)13-32(37(5,35)36)21-11-18(28)17(27)10-19(21)29/h7-11,20H,6,12-13H2,1-5H3,(H,30,34)/t20-/m1/s1. The first-order chi connectivity index (χ1) is 16.9. The largest absolute Gasteiger partial charge is 0.350 e. The molecule has 0 spiro atoms. The number of anilines is 1. The summed E-state index contributed by atoms with van der Waals surface area (Å²) >= 11 is 30.8. The van der Waals surface area contributed by atoms with Gasteiger partial charge in [0.15, 0.2) is 0 Å². The Hall–Kier alpha value is -1.42. The van der Waals surface area contributed by atoms with Crippen molar-refractivity contribution in [2.45, 2.75) is 52.2 Å². The first-order valence-corrected chi connectivity index (χ1v) is 14.9. The van der Waals surface area contributed by atoms with Gasteiger partial charge in [-0.2, -0.15) is 0 Å². The molecule has 2 aromatic carbocycles. The Morgan fingerprint density at radius 3 is 2.05 bits per heavy atom. The Morgan fingerprint density at radius 2 is 1.54 bits per heavy atom. The number of hydrogen-bond acceptors (Lipinski definition) is 4. The van der Waals surface area contributed by atoms with Gasteiger partial charge in [0.2, 0.25) is 21.8 Å². The van der Waals surface area contributed by atoms with Crippen molar-refractivity contribution in [3.05, 3.63) is 61.0 Å². The second-order valence-electron chi connectivity index (χ2n) is 9.41. The zero-order valence-electron chi connectivity index (χ0n) is 20.9. The van der Waals surface area contributed by atoms with Crippen molar-refractivity contribution in [2.24, 2.45) is 0 Å². The Kier molecular flexibility index (Phi) is 10.8. The fraction of sp³-hybridized carbons (Fsp3) is 0.417. The summed E-state index contributed by atoms with van der Waals surface area (Å²) in [6, 6.07) is 6.41. The van der Waals surface area contributed by atoms with E-state index < -0.39 is 40.0 Å². The lowest BCUT2D eigenvalue weighted by Gasteiger charge is -2.34. The molecule has 204 valence electrons. The number of halogens is 5. The van der Waals surface area contributed by atoms with Crippen LogP contribution in [0.2, 0.25) is 25.1 Å². The van der Waals surface area contributed by atoms with Gasteiger partial charge in [-0.15, -0.1) is 0 Å². The molecule has 0 fully saturated rings. The van der Waals surface area contributed by atoms with Crippen LogP contribution >= 0.6 is 58.0 Å². The predicted molar refractivity (Wildman–Crippen MR) is 153 cm³/mol. The molecular formula is C24H28Cl5N3O4S. The van der Waals surface area contributed by atoms with Gasteiger partial charge in [0, 0.05) is 22.1 Å². The molecule has 0 saturated heterocycles. The fourth-order valence-electron chi connectivity index (χ4n) is 3.50. The Labute approximate surface area is 243 Å². The first-order valence-electron chi connectivity index (χ1n) is 11.1. The zero-order valence-corrected chi connectivity index (χ0v) is 25.5. The number of sulfonamides is 1. The molecule has 0 aliphatic heterocycles. The lowest BCUT2D eigenvalue weighted by atomic mass is 10.1. The molecule has 1 atom stereocenters. The molecule has 0 aliphatic carbocycles. The third kappa shape index (κ3) is 8.80. The van der Waals surface area contributed by atoms with Crippen LogP contribution in [-0.4, -0.2) is 49.5 Å². The molecule has 0 aromatic heterocycles. The van der Waals surface area contributed by atoms with E-state index in [9.17, 15) is 18.0 Å². The molecule has 0 saturated carbocycles. The van der Waals surface area contributed by atoms with E-state index in [0.29, 0.717) is 15.6 Å². The summed E-state index contributed by atoms with van der Waals surface area (Å²) in [4.78, 5) is 28.3. The van der Waals surface area contributed by atoms with Crippen molar-refractivity contribution in [3.63, 3.8) is 0 Å². The lowest BCUT2D eigenvalue weighted by molar-refractivity contribution is -0.141. The van der Waals surface area contributed by atoms with Crippen LogP contribution in [0.3, 0.4) is 0 Å². The van der Waals surface area contributed by atoms with Crippen molar-refractivity contribution in [3.8, 4) is 0 Å². The third-order valence-corrected chi connectivity index (χ3v) is 7.92. The Balaban J connectivity index is 2.56. The minimum Gasteiger partial charge on any atom is -0.350 e. The minimum absolute atomic E-state index is 0.0163. The summed E-state index contributed by atoms with van der Waals surface area (Å²) in [5.41, 5.74) is -0.0627. The van der Waals surface area contributed by atoms with Gasteiger partial charge in [-0.05, 0) is 57.0 Å². The van der Waals surface area contributed by atoms with E-state index >= 15 is 0 Å². The molecule has 1 N–H and O–H groups in total. The molecule has 0 radical (unpaired) electrons. The summed E-state index contributed by atoms with van der Waals surface area (Å²) in [6.45, 7) is 6.48. The Morgan fingerprint density at radius 1 is 0.946 bits per heavy atom. The van der Waals surface area contributed by atoms with Gasteiger partial charge in [0.1, 0.15) is 12.6 Å². The van der Waals surface area contributed by atoms with Crippen LogP contribution in [0.4, 0.5) is 5.69 Å². The van der Waals surface area contributed by atoms with Crippen LogP contribution in [-0.2, 0) is 26.2 Å². The molecule has 37 heavy (non-hydrogen) atoms. The Bertz CT molecular complexity index is 1280. The number of nitrogens with one attached hydrogen (secondary N) is 1. The highest BCUT2D eigenvalue weighted by Crippen LogP contribution is 2.36. The number of rotatable bonds is 9. The van der Waals surface area contributed by atoms with Gasteiger partial charge in [-0.1, -0.05) is 71.0 Å². The summed E-state index contributed by atoms with van der Waals surface area (Å²) in [5.74, 6) is -1.05.